The van der Waals surface area contributed by atoms with Gasteiger partial charge in [-0.05, 0) is 12.2 Å². The summed E-state index contributed by atoms with van der Waals surface area (Å²) in [6.45, 7) is 5.30. The molecule has 0 aliphatic carbocycles. The van der Waals surface area contributed by atoms with Crippen molar-refractivity contribution in [3.8, 4) is 5.88 Å². The predicted molar refractivity (Wildman–Crippen MR) is 80.1 cm³/mol. The highest BCUT2D eigenvalue weighted by Crippen LogP contribution is 2.09. The number of rotatable bonds is 5. The molecule has 0 radical (unpaired) electrons. The van der Waals surface area contributed by atoms with Crippen LogP contribution in [0.3, 0.4) is 0 Å². The first-order valence-electron chi connectivity index (χ1n) is 6.49. The number of thiocarbonyl (C=S) groups is 1. The van der Waals surface area contributed by atoms with Crippen LogP contribution in [0.4, 0.5) is 5.82 Å². The van der Waals surface area contributed by atoms with Gasteiger partial charge in [0, 0.05) is 32.2 Å². The lowest BCUT2D eigenvalue weighted by molar-refractivity contribution is 0.0389. The van der Waals surface area contributed by atoms with E-state index in [1.165, 1.54) is 6.33 Å². The Balaban J connectivity index is 1.69. The molecule has 1 fully saturated rings. The summed E-state index contributed by atoms with van der Waals surface area (Å²) in [7, 11) is 1.56. The summed E-state index contributed by atoms with van der Waals surface area (Å²) < 4.78 is 10.3. The number of nitrogens with one attached hydrogen (secondary N) is 2. The van der Waals surface area contributed by atoms with Gasteiger partial charge in [0.2, 0.25) is 5.88 Å². The Labute approximate surface area is 123 Å². The molecule has 1 saturated heterocycles. The number of methoxy groups -OCH3 is 1. The van der Waals surface area contributed by atoms with Crippen LogP contribution in [0.25, 0.3) is 0 Å². The zero-order chi connectivity index (χ0) is 14.2. The molecule has 2 rings (SSSR count). The molecule has 110 valence electrons. The van der Waals surface area contributed by atoms with Crippen molar-refractivity contribution in [1.82, 2.24) is 20.2 Å². The third-order valence-corrected chi connectivity index (χ3v) is 3.16. The van der Waals surface area contributed by atoms with Gasteiger partial charge in [-0.25, -0.2) is 9.97 Å². The van der Waals surface area contributed by atoms with E-state index in [-0.39, 0.29) is 0 Å². The van der Waals surface area contributed by atoms with Gasteiger partial charge in [-0.15, -0.1) is 0 Å². The van der Waals surface area contributed by atoms with E-state index in [1.54, 1.807) is 13.2 Å². The average Bonchev–Trinajstić information content (AvgIpc) is 2.48. The molecule has 0 aromatic carbocycles. The maximum Gasteiger partial charge on any atom is 0.218 e. The van der Waals surface area contributed by atoms with E-state index < -0.39 is 0 Å². The van der Waals surface area contributed by atoms with E-state index in [2.05, 4.69) is 25.5 Å². The van der Waals surface area contributed by atoms with Gasteiger partial charge >= 0.3 is 0 Å². The summed E-state index contributed by atoms with van der Waals surface area (Å²) >= 11 is 5.22. The Morgan fingerprint density at radius 3 is 3.00 bits per heavy atom. The lowest BCUT2D eigenvalue weighted by Gasteiger charge is -2.26. The third kappa shape index (κ3) is 4.87. The standard InChI is InChI=1S/C12H19N5O2S/c1-18-11-8-10(14-9-15-11)16-12(20)13-2-3-17-4-6-19-7-5-17/h8-9H,2-7H2,1H3,(H2,13,14,15,16,20). The molecular formula is C12H19N5O2S. The van der Waals surface area contributed by atoms with Crippen LogP contribution in [0.1, 0.15) is 0 Å². The lowest BCUT2D eigenvalue weighted by Crippen LogP contribution is -2.42. The van der Waals surface area contributed by atoms with Crippen molar-refractivity contribution < 1.29 is 9.47 Å². The van der Waals surface area contributed by atoms with Gasteiger partial charge in [0.1, 0.15) is 12.1 Å². The molecule has 7 nitrogen and oxygen atoms in total. The summed E-state index contributed by atoms with van der Waals surface area (Å²) in [5.41, 5.74) is 0. The van der Waals surface area contributed by atoms with Gasteiger partial charge in [0.25, 0.3) is 0 Å². The fourth-order valence-corrected chi connectivity index (χ4v) is 2.04. The number of aromatic nitrogens is 2. The summed E-state index contributed by atoms with van der Waals surface area (Å²) in [6, 6.07) is 1.69. The van der Waals surface area contributed by atoms with Gasteiger partial charge in [-0.1, -0.05) is 0 Å². The second-order valence-corrected chi connectivity index (χ2v) is 4.69. The van der Waals surface area contributed by atoms with Crippen LogP contribution in [0, 0.1) is 0 Å². The molecule has 1 aliphatic rings. The molecular weight excluding hydrogens is 278 g/mol. The normalized spacial score (nSPS) is 15.7. The molecule has 2 heterocycles. The van der Waals surface area contributed by atoms with E-state index in [4.69, 9.17) is 21.7 Å². The molecule has 0 saturated carbocycles. The Kier molecular flexibility index (Phi) is 5.90. The van der Waals surface area contributed by atoms with Crippen molar-refractivity contribution in [1.29, 1.82) is 0 Å². The molecule has 1 aromatic heterocycles. The monoisotopic (exact) mass is 297 g/mol. The number of ether oxygens (including phenoxy) is 2. The first-order valence-corrected chi connectivity index (χ1v) is 6.90. The Morgan fingerprint density at radius 2 is 2.25 bits per heavy atom. The molecule has 0 spiro atoms. The van der Waals surface area contributed by atoms with Gasteiger partial charge in [0.05, 0.1) is 20.3 Å². The second kappa shape index (κ2) is 7.93. The first kappa shape index (κ1) is 14.9. The smallest absolute Gasteiger partial charge is 0.218 e. The van der Waals surface area contributed by atoms with Crippen molar-refractivity contribution in [2.24, 2.45) is 0 Å². The molecule has 0 atom stereocenters. The molecule has 0 amide bonds. The number of anilines is 1. The number of nitrogens with zero attached hydrogens (tertiary/aromatic N) is 3. The maximum atomic E-state index is 5.30. The van der Waals surface area contributed by atoms with E-state index in [1.807, 2.05) is 0 Å². The van der Waals surface area contributed by atoms with Gasteiger partial charge in [-0.2, -0.15) is 0 Å². The zero-order valence-electron chi connectivity index (χ0n) is 11.5. The van der Waals surface area contributed by atoms with Gasteiger partial charge < -0.3 is 20.1 Å². The van der Waals surface area contributed by atoms with Gasteiger partial charge in [0.15, 0.2) is 5.11 Å². The van der Waals surface area contributed by atoms with Crippen LogP contribution in [0.2, 0.25) is 0 Å². The van der Waals surface area contributed by atoms with Crippen molar-refractivity contribution in [2.75, 3.05) is 51.8 Å². The molecule has 0 bridgehead atoms. The third-order valence-electron chi connectivity index (χ3n) is 2.91. The van der Waals surface area contributed by atoms with Crippen LogP contribution in [-0.4, -0.2) is 66.5 Å². The zero-order valence-corrected chi connectivity index (χ0v) is 12.3. The topological polar surface area (TPSA) is 71.5 Å². The molecule has 0 unspecified atom stereocenters. The molecule has 1 aromatic rings. The van der Waals surface area contributed by atoms with Crippen LogP contribution in [0.15, 0.2) is 12.4 Å². The number of hydrogen-bond donors (Lipinski definition) is 2. The van der Waals surface area contributed by atoms with Crippen LogP contribution in [0.5, 0.6) is 5.88 Å². The first-order chi connectivity index (χ1) is 9.78. The fraction of sp³-hybridized carbons (Fsp3) is 0.583. The van der Waals surface area contributed by atoms with Gasteiger partial charge in [-0.3, -0.25) is 4.90 Å². The minimum atomic E-state index is 0.499. The highest BCUT2D eigenvalue weighted by molar-refractivity contribution is 7.80. The van der Waals surface area contributed by atoms with E-state index in [0.717, 1.165) is 39.4 Å². The average molecular weight is 297 g/mol. The maximum absolute atomic E-state index is 5.30. The Hall–Kier alpha value is -1.51. The summed E-state index contributed by atoms with van der Waals surface area (Å²) in [4.78, 5) is 10.3. The van der Waals surface area contributed by atoms with Crippen LogP contribution >= 0.6 is 12.2 Å². The number of morpholine rings is 1. The predicted octanol–water partition coefficient (Wildman–Crippen LogP) is 0.104. The van der Waals surface area contributed by atoms with Crippen molar-refractivity contribution in [3.63, 3.8) is 0 Å². The van der Waals surface area contributed by atoms with Crippen LogP contribution in [-0.2, 0) is 4.74 Å². The molecule has 20 heavy (non-hydrogen) atoms. The SMILES string of the molecule is COc1cc(NC(=S)NCCN2CCOCC2)ncn1. The Bertz CT molecular complexity index is 440. The minimum Gasteiger partial charge on any atom is -0.481 e. The Morgan fingerprint density at radius 1 is 1.45 bits per heavy atom. The number of hydrogen-bond acceptors (Lipinski definition) is 6. The van der Waals surface area contributed by atoms with E-state index in [0.29, 0.717) is 16.8 Å². The highest BCUT2D eigenvalue weighted by atomic mass is 32.1. The van der Waals surface area contributed by atoms with Crippen LogP contribution < -0.4 is 15.4 Å². The molecule has 2 N–H and O–H groups in total. The summed E-state index contributed by atoms with van der Waals surface area (Å²) in [5, 5.41) is 6.69. The van der Waals surface area contributed by atoms with Crippen molar-refractivity contribution in [3.05, 3.63) is 12.4 Å². The molecule has 1 aliphatic heterocycles. The van der Waals surface area contributed by atoms with E-state index in [9.17, 15) is 0 Å². The quantitative estimate of drug-likeness (QED) is 0.742. The van der Waals surface area contributed by atoms with Crippen molar-refractivity contribution in [2.45, 2.75) is 0 Å². The van der Waals surface area contributed by atoms with Crippen molar-refractivity contribution >= 4 is 23.1 Å². The largest absolute Gasteiger partial charge is 0.481 e. The summed E-state index contributed by atoms with van der Waals surface area (Å²) in [5.74, 6) is 1.11. The van der Waals surface area contributed by atoms with E-state index >= 15 is 0 Å². The summed E-state index contributed by atoms with van der Waals surface area (Å²) in [6.07, 6.45) is 1.43. The fourth-order valence-electron chi connectivity index (χ4n) is 1.83. The highest BCUT2D eigenvalue weighted by Gasteiger charge is 2.09. The lowest BCUT2D eigenvalue weighted by atomic mass is 10.4. The molecule has 8 heteroatoms. The second-order valence-electron chi connectivity index (χ2n) is 4.28. The minimum absolute atomic E-state index is 0.499.